The summed E-state index contributed by atoms with van der Waals surface area (Å²) in [6.45, 7) is 3.23. The van der Waals surface area contributed by atoms with Crippen molar-refractivity contribution in [1.29, 1.82) is 0 Å². The van der Waals surface area contributed by atoms with Crippen molar-refractivity contribution < 1.29 is 4.79 Å². The fourth-order valence-electron chi connectivity index (χ4n) is 2.54. The number of carbonyl (C=O) groups excluding carboxylic acids is 1. The lowest BCUT2D eigenvalue weighted by molar-refractivity contribution is 0.100. The number of benzene rings is 1. The van der Waals surface area contributed by atoms with E-state index in [4.69, 9.17) is 11.5 Å². The van der Waals surface area contributed by atoms with Gasteiger partial charge >= 0.3 is 0 Å². The van der Waals surface area contributed by atoms with Crippen molar-refractivity contribution in [3.8, 4) is 0 Å². The van der Waals surface area contributed by atoms with E-state index in [1.165, 1.54) is 12.8 Å². The molecule has 0 aliphatic carbocycles. The SMILES string of the molecule is CCC1CCCN1c1ccc(N)c(C(N)=O)c1. The Hall–Kier alpha value is -1.71. The summed E-state index contributed by atoms with van der Waals surface area (Å²) >= 11 is 0. The van der Waals surface area contributed by atoms with Gasteiger partial charge in [-0.3, -0.25) is 4.79 Å². The van der Waals surface area contributed by atoms with E-state index in [1.807, 2.05) is 12.1 Å². The summed E-state index contributed by atoms with van der Waals surface area (Å²) in [5, 5.41) is 0. The Kier molecular flexibility index (Phi) is 3.22. The average molecular weight is 233 g/mol. The highest BCUT2D eigenvalue weighted by atomic mass is 16.1. The Balaban J connectivity index is 2.33. The second-order valence-electron chi connectivity index (χ2n) is 4.53. The van der Waals surface area contributed by atoms with Crippen molar-refractivity contribution in [3.63, 3.8) is 0 Å². The molecule has 0 bridgehead atoms. The number of anilines is 2. The lowest BCUT2D eigenvalue weighted by Crippen LogP contribution is -2.28. The molecular formula is C13H19N3O. The minimum absolute atomic E-state index is 0.421. The molecule has 1 fully saturated rings. The zero-order valence-corrected chi connectivity index (χ0v) is 10.1. The third kappa shape index (κ3) is 2.20. The zero-order valence-electron chi connectivity index (χ0n) is 10.1. The van der Waals surface area contributed by atoms with Crippen LogP contribution < -0.4 is 16.4 Å². The molecule has 4 N–H and O–H groups in total. The van der Waals surface area contributed by atoms with Gasteiger partial charge in [0.25, 0.3) is 5.91 Å². The van der Waals surface area contributed by atoms with Crippen LogP contribution in [0.15, 0.2) is 18.2 Å². The molecular weight excluding hydrogens is 214 g/mol. The first-order chi connectivity index (χ1) is 8.13. The molecule has 0 radical (unpaired) electrons. The molecule has 1 amide bonds. The summed E-state index contributed by atoms with van der Waals surface area (Å²) < 4.78 is 0. The maximum atomic E-state index is 11.3. The third-order valence-electron chi connectivity index (χ3n) is 3.48. The molecule has 0 saturated carbocycles. The van der Waals surface area contributed by atoms with E-state index in [9.17, 15) is 4.79 Å². The molecule has 1 unspecified atom stereocenters. The molecule has 92 valence electrons. The van der Waals surface area contributed by atoms with Gasteiger partial charge in [-0.2, -0.15) is 0 Å². The van der Waals surface area contributed by atoms with Gasteiger partial charge in [0, 0.05) is 24.0 Å². The van der Waals surface area contributed by atoms with E-state index in [1.54, 1.807) is 6.07 Å². The van der Waals surface area contributed by atoms with Crippen LogP contribution in [-0.4, -0.2) is 18.5 Å². The first kappa shape index (κ1) is 11.8. The van der Waals surface area contributed by atoms with Gasteiger partial charge in [-0.05, 0) is 37.5 Å². The van der Waals surface area contributed by atoms with Crippen molar-refractivity contribution in [2.45, 2.75) is 32.2 Å². The van der Waals surface area contributed by atoms with Gasteiger partial charge in [-0.25, -0.2) is 0 Å². The largest absolute Gasteiger partial charge is 0.398 e. The minimum atomic E-state index is -0.461. The van der Waals surface area contributed by atoms with Crippen molar-refractivity contribution in [1.82, 2.24) is 0 Å². The van der Waals surface area contributed by atoms with E-state index < -0.39 is 5.91 Å². The summed E-state index contributed by atoms with van der Waals surface area (Å²) in [4.78, 5) is 13.6. The van der Waals surface area contributed by atoms with Crippen LogP contribution in [0.25, 0.3) is 0 Å². The number of primary amides is 1. The quantitative estimate of drug-likeness (QED) is 0.781. The monoisotopic (exact) mass is 233 g/mol. The van der Waals surface area contributed by atoms with Gasteiger partial charge in [0.05, 0.1) is 5.56 Å². The number of hydrogen-bond donors (Lipinski definition) is 2. The first-order valence-electron chi connectivity index (χ1n) is 6.09. The molecule has 0 aromatic heterocycles. The predicted octanol–water partition coefficient (Wildman–Crippen LogP) is 1.75. The maximum Gasteiger partial charge on any atom is 0.250 e. The van der Waals surface area contributed by atoms with E-state index >= 15 is 0 Å². The van der Waals surface area contributed by atoms with E-state index in [2.05, 4.69) is 11.8 Å². The number of carbonyl (C=O) groups is 1. The number of amides is 1. The molecule has 1 saturated heterocycles. The summed E-state index contributed by atoms with van der Waals surface area (Å²) in [6, 6.07) is 6.11. The molecule has 1 aliphatic heterocycles. The van der Waals surface area contributed by atoms with E-state index in [0.29, 0.717) is 17.3 Å². The first-order valence-corrected chi connectivity index (χ1v) is 6.09. The van der Waals surface area contributed by atoms with Gasteiger partial charge in [0.15, 0.2) is 0 Å². The maximum absolute atomic E-state index is 11.3. The third-order valence-corrected chi connectivity index (χ3v) is 3.48. The van der Waals surface area contributed by atoms with Crippen LogP contribution >= 0.6 is 0 Å². The highest BCUT2D eigenvalue weighted by molar-refractivity contribution is 5.99. The van der Waals surface area contributed by atoms with Gasteiger partial charge in [0.2, 0.25) is 0 Å². The summed E-state index contributed by atoms with van der Waals surface area (Å²) in [7, 11) is 0. The van der Waals surface area contributed by atoms with Crippen LogP contribution in [0.2, 0.25) is 0 Å². The van der Waals surface area contributed by atoms with Gasteiger partial charge in [0.1, 0.15) is 0 Å². The molecule has 17 heavy (non-hydrogen) atoms. The highest BCUT2D eigenvalue weighted by Crippen LogP contribution is 2.29. The van der Waals surface area contributed by atoms with Crippen LogP contribution in [0, 0.1) is 0 Å². The Morgan fingerprint density at radius 3 is 2.94 bits per heavy atom. The van der Waals surface area contributed by atoms with E-state index in [0.717, 1.165) is 18.7 Å². The minimum Gasteiger partial charge on any atom is -0.398 e. The highest BCUT2D eigenvalue weighted by Gasteiger charge is 2.23. The van der Waals surface area contributed by atoms with Crippen LogP contribution in [-0.2, 0) is 0 Å². The average Bonchev–Trinajstić information content (AvgIpc) is 2.77. The van der Waals surface area contributed by atoms with Crippen LogP contribution in [0.1, 0.15) is 36.5 Å². The molecule has 1 atom stereocenters. The number of hydrogen-bond acceptors (Lipinski definition) is 3. The molecule has 4 nitrogen and oxygen atoms in total. The van der Waals surface area contributed by atoms with Gasteiger partial charge in [-0.15, -0.1) is 0 Å². The van der Waals surface area contributed by atoms with Crippen LogP contribution in [0.5, 0.6) is 0 Å². The lowest BCUT2D eigenvalue weighted by atomic mass is 10.1. The second kappa shape index (κ2) is 4.65. The zero-order chi connectivity index (χ0) is 12.4. The van der Waals surface area contributed by atoms with Gasteiger partial charge < -0.3 is 16.4 Å². The summed E-state index contributed by atoms with van der Waals surface area (Å²) in [5.74, 6) is -0.461. The van der Waals surface area contributed by atoms with Crippen molar-refractivity contribution in [2.75, 3.05) is 17.2 Å². The Morgan fingerprint density at radius 2 is 2.29 bits per heavy atom. The number of nitrogens with zero attached hydrogens (tertiary/aromatic N) is 1. The van der Waals surface area contributed by atoms with Crippen molar-refractivity contribution in [3.05, 3.63) is 23.8 Å². The fraction of sp³-hybridized carbons (Fsp3) is 0.462. The fourth-order valence-corrected chi connectivity index (χ4v) is 2.54. The normalized spacial score (nSPS) is 19.6. The number of nitrogen functional groups attached to an aromatic ring is 1. The standard InChI is InChI=1S/C13H19N3O/c1-2-9-4-3-7-16(9)10-5-6-12(14)11(8-10)13(15)17/h5-6,8-9H,2-4,7,14H2,1H3,(H2,15,17). The molecule has 1 aromatic carbocycles. The van der Waals surface area contributed by atoms with E-state index in [-0.39, 0.29) is 0 Å². The summed E-state index contributed by atoms with van der Waals surface area (Å²) in [6.07, 6.45) is 3.54. The van der Waals surface area contributed by atoms with Crippen LogP contribution in [0.4, 0.5) is 11.4 Å². The Labute approximate surface area is 102 Å². The molecule has 1 heterocycles. The Bertz CT molecular complexity index is 431. The molecule has 1 aromatic rings. The Morgan fingerprint density at radius 1 is 1.53 bits per heavy atom. The predicted molar refractivity (Wildman–Crippen MR) is 70.0 cm³/mol. The molecule has 0 spiro atoms. The second-order valence-corrected chi connectivity index (χ2v) is 4.53. The molecule has 2 rings (SSSR count). The van der Waals surface area contributed by atoms with Crippen LogP contribution in [0.3, 0.4) is 0 Å². The lowest BCUT2D eigenvalue weighted by Gasteiger charge is -2.26. The molecule has 1 aliphatic rings. The van der Waals surface area contributed by atoms with Gasteiger partial charge in [-0.1, -0.05) is 6.92 Å². The van der Waals surface area contributed by atoms with Crippen molar-refractivity contribution >= 4 is 17.3 Å². The number of nitrogens with two attached hydrogens (primary N) is 2. The summed E-state index contributed by atoms with van der Waals surface area (Å²) in [5.41, 5.74) is 13.0. The van der Waals surface area contributed by atoms with Crippen molar-refractivity contribution in [2.24, 2.45) is 5.73 Å². The molecule has 4 heteroatoms. The number of rotatable bonds is 3. The smallest absolute Gasteiger partial charge is 0.250 e. The topological polar surface area (TPSA) is 72.3 Å².